The highest BCUT2D eigenvalue weighted by Gasteiger charge is 2.18. The summed E-state index contributed by atoms with van der Waals surface area (Å²) in [5.74, 6) is 1.44. The molecule has 2 aromatic rings. The molecule has 0 saturated carbocycles. The molecular weight excluding hydrogens is 374 g/mol. The summed E-state index contributed by atoms with van der Waals surface area (Å²) in [5, 5.41) is 10.8. The monoisotopic (exact) mass is 395 g/mol. The fraction of sp³-hybridized carbons (Fsp3) is 0.412. The van der Waals surface area contributed by atoms with Gasteiger partial charge in [-0.1, -0.05) is 60.8 Å². The molecule has 0 saturated heterocycles. The number of hydrogen-bond acceptors (Lipinski definition) is 7. The number of ketones is 1. The van der Waals surface area contributed by atoms with E-state index in [1.54, 1.807) is 36.0 Å². The Morgan fingerprint density at radius 2 is 1.92 bits per heavy atom. The Kier molecular flexibility index (Phi) is 7.46. The van der Waals surface area contributed by atoms with Crippen LogP contribution in [0.25, 0.3) is 0 Å². The van der Waals surface area contributed by atoms with Crippen LogP contribution in [0, 0.1) is 5.92 Å². The van der Waals surface area contributed by atoms with Gasteiger partial charge in [-0.15, -0.1) is 10.2 Å². The first-order valence-corrected chi connectivity index (χ1v) is 10.6. The largest absolute Gasteiger partial charge is 0.325 e. The molecule has 5 nitrogen and oxygen atoms in total. The third-order valence-electron chi connectivity index (χ3n) is 3.11. The van der Waals surface area contributed by atoms with Crippen LogP contribution in [0.2, 0.25) is 0 Å². The molecule has 0 unspecified atom stereocenters. The first kappa shape index (κ1) is 19.9. The molecule has 0 aliphatic carbocycles. The molecule has 0 spiro atoms. The second-order valence-corrected chi connectivity index (χ2v) is 9.76. The first-order chi connectivity index (χ1) is 11.8. The third kappa shape index (κ3) is 6.45. The van der Waals surface area contributed by atoms with Crippen LogP contribution in [0.1, 0.15) is 38.1 Å². The van der Waals surface area contributed by atoms with Gasteiger partial charge in [0.25, 0.3) is 0 Å². The molecule has 0 aliphatic rings. The van der Waals surface area contributed by atoms with Crippen molar-refractivity contribution in [1.82, 2.24) is 10.2 Å². The number of Topliss-reactive ketones (excluding diaryl/α,β-unsaturated/α-hetero) is 1. The lowest BCUT2D eigenvalue weighted by Gasteiger charge is -2.10. The van der Waals surface area contributed by atoms with E-state index in [9.17, 15) is 9.59 Å². The maximum absolute atomic E-state index is 12.4. The van der Waals surface area contributed by atoms with Crippen molar-refractivity contribution in [3.8, 4) is 0 Å². The molecule has 0 bridgehead atoms. The maximum atomic E-state index is 12.4. The van der Waals surface area contributed by atoms with Crippen molar-refractivity contribution in [2.45, 2.75) is 41.6 Å². The van der Waals surface area contributed by atoms with Gasteiger partial charge in [-0.25, -0.2) is 0 Å². The molecule has 1 N–H and O–H groups in total. The fourth-order valence-corrected chi connectivity index (χ4v) is 4.95. The Labute approximate surface area is 160 Å². The van der Waals surface area contributed by atoms with Crippen LogP contribution in [0.3, 0.4) is 0 Å². The third-order valence-corrected chi connectivity index (χ3v) is 6.78. The van der Waals surface area contributed by atoms with Gasteiger partial charge in [-0.3, -0.25) is 9.59 Å². The number of thioether (sulfide) groups is 2. The molecule has 1 amide bonds. The summed E-state index contributed by atoms with van der Waals surface area (Å²) in [6.45, 7) is 7.66. The van der Waals surface area contributed by atoms with Gasteiger partial charge in [0.1, 0.15) is 0 Å². The molecule has 2 rings (SSSR count). The van der Waals surface area contributed by atoms with Gasteiger partial charge in [-0.2, -0.15) is 0 Å². The topological polar surface area (TPSA) is 72.0 Å². The van der Waals surface area contributed by atoms with Crippen LogP contribution in [-0.4, -0.2) is 32.9 Å². The van der Waals surface area contributed by atoms with Gasteiger partial charge in [0.2, 0.25) is 5.91 Å². The maximum Gasteiger partial charge on any atom is 0.237 e. The Hall–Kier alpha value is -1.38. The van der Waals surface area contributed by atoms with E-state index in [0.717, 1.165) is 14.4 Å². The molecule has 1 atom stereocenters. The van der Waals surface area contributed by atoms with E-state index in [0.29, 0.717) is 17.2 Å². The number of anilines is 1. The van der Waals surface area contributed by atoms with Crippen molar-refractivity contribution in [3.63, 3.8) is 0 Å². The average Bonchev–Trinajstić information content (AvgIpc) is 3.00. The molecular formula is C17H21N3O2S3. The van der Waals surface area contributed by atoms with Crippen molar-refractivity contribution in [1.29, 1.82) is 0 Å². The molecule has 1 heterocycles. The molecule has 1 aromatic carbocycles. The number of nitrogens with one attached hydrogen (secondary N) is 1. The number of aromatic nitrogens is 2. The Morgan fingerprint density at radius 3 is 2.60 bits per heavy atom. The van der Waals surface area contributed by atoms with Gasteiger partial charge >= 0.3 is 0 Å². The normalized spacial score (nSPS) is 12.2. The second kappa shape index (κ2) is 9.35. The molecule has 134 valence electrons. The molecule has 25 heavy (non-hydrogen) atoms. The van der Waals surface area contributed by atoms with Gasteiger partial charge < -0.3 is 5.32 Å². The van der Waals surface area contributed by atoms with E-state index in [1.165, 1.54) is 30.0 Å². The van der Waals surface area contributed by atoms with Crippen LogP contribution in [0.4, 0.5) is 5.69 Å². The van der Waals surface area contributed by atoms with Gasteiger partial charge in [-0.05, 0) is 31.9 Å². The van der Waals surface area contributed by atoms with Gasteiger partial charge in [0.15, 0.2) is 14.5 Å². The standard InChI is InChI=1S/C17H21N3O2S3/c1-10(2)9-23-16-19-20-17(25-16)24-12(4)15(22)18-14-7-5-6-13(8-14)11(3)21/h5-8,10,12H,9H2,1-4H3,(H,18,22)/t12-/m1/s1. The highest BCUT2D eigenvalue weighted by atomic mass is 32.2. The van der Waals surface area contributed by atoms with Crippen LogP contribution in [0.15, 0.2) is 32.9 Å². The SMILES string of the molecule is CC(=O)c1cccc(NC(=O)[C@@H](C)Sc2nnc(SCC(C)C)s2)c1. The number of nitrogens with zero attached hydrogens (tertiary/aromatic N) is 2. The summed E-state index contributed by atoms with van der Waals surface area (Å²) >= 11 is 4.59. The molecule has 0 fully saturated rings. The zero-order chi connectivity index (χ0) is 18.4. The van der Waals surface area contributed by atoms with E-state index < -0.39 is 0 Å². The van der Waals surface area contributed by atoms with Crippen molar-refractivity contribution >= 4 is 52.2 Å². The fourth-order valence-electron chi connectivity index (χ4n) is 1.81. The summed E-state index contributed by atoms with van der Waals surface area (Å²) in [7, 11) is 0. The van der Waals surface area contributed by atoms with E-state index >= 15 is 0 Å². The Morgan fingerprint density at radius 1 is 1.20 bits per heavy atom. The quantitative estimate of drug-likeness (QED) is 0.520. The van der Waals surface area contributed by atoms with Gasteiger partial charge in [0.05, 0.1) is 5.25 Å². The van der Waals surface area contributed by atoms with Crippen LogP contribution < -0.4 is 5.32 Å². The molecule has 0 aliphatic heterocycles. The average molecular weight is 396 g/mol. The number of amides is 1. The lowest BCUT2D eigenvalue weighted by molar-refractivity contribution is -0.115. The first-order valence-electron chi connectivity index (χ1n) is 7.90. The van der Waals surface area contributed by atoms with E-state index in [4.69, 9.17) is 0 Å². The Balaban J connectivity index is 1.92. The van der Waals surface area contributed by atoms with Crippen LogP contribution in [0.5, 0.6) is 0 Å². The van der Waals surface area contributed by atoms with Gasteiger partial charge in [0, 0.05) is 17.0 Å². The lowest BCUT2D eigenvalue weighted by Crippen LogP contribution is -2.22. The minimum absolute atomic E-state index is 0.0289. The predicted molar refractivity (Wildman–Crippen MR) is 106 cm³/mol. The molecule has 1 aromatic heterocycles. The Bertz CT molecular complexity index is 746. The van der Waals surface area contributed by atoms with Crippen LogP contribution in [-0.2, 0) is 4.79 Å². The van der Waals surface area contributed by atoms with E-state index in [1.807, 2.05) is 6.92 Å². The van der Waals surface area contributed by atoms with Crippen LogP contribution >= 0.6 is 34.9 Å². The zero-order valence-electron chi connectivity index (χ0n) is 14.6. The van der Waals surface area contributed by atoms with Crippen molar-refractivity contribution < 1.29 is 9.59 Å². The van der Waals surface area contributed by atoms with E-state index in [-0.39, 0.29) is 16.9 Å². The minimum Gasteiger partial charge on any atom is -0.325 e. The van der Waals surface area contributed by atoms with Crippen molar-refractivity contribution in [2.75, 3.05) is 11.1 Å². The van der Waals surface area contributed by atoms with E-state index in [2.05, 4.69) is 29.4 Å². The molecule has 8 heteroatoms. The summed E-state index contributed by atoms with van der Waals surface area (Å²) in [6, 6.07) is 6.94. The molecule has 0 radical (unpaired) electrons. The number of rotatable bonds is 8. The highest BCUT2D eigenvalue weighted by molar-refractivity contribution is 8.03. The second-order valence-electron chi connectivity index (χ2n) is 5.93. The number of benzene rings is 1. The summed E-state index contributed by atoms with van der Waals surface area (Å²) in [6.07, 6.45) is 0. The minimum atomic E-state index is -0.308. The smallest absolute Gasteiger partial charge is 0.237 e. The summed E-state index contributed by atoms with van der Waals surface area (Å²) in [4.78, 5) is 23.8. The predicted octanol–water partition coefficient (Wildman–Crippen LogP) is 4.61. The van der Waals surface area contributed by atoms with Crippen molar-refractivity contribution in [3.05, 3.63) is 29.8 Å². The highest BCUT2D eigenvalue weighted by Crippen LogP contribution is 2.32. The summed E-state index contributed by atoms with van der Waals surface area (Å²) in [5.41, 5.74) is 1.20. The number of hydrogen-bond donors (Lipinski definition) is 1. The van der Waals surface area contributed by atoms with Crippen molar-refractivity contribution in [2.24, 2.45) is 5.92 Å². The number of carbonyl (C=O) groups is 2. The summed E-state index contributed by atoms with van der Waals surface area (Å²) < 4.78 is 1.71. The zero-order valence-corrected chi connectivity index (χ0v) is 17.1. The lowest BCUT2D eigenvalue weighted by atomic mass is 10.1. The number of carbonyl (C=O) groups excluding carboxylic acids is 2.